The Bertz CT molecular complexity index is 202. The summed E-state index contributed by atoms with van der Waals surface area (Å²) in [5.74, 6) is 0.585. The van der Waals surface area contributed by atoms with E-state index in [1.807, 2.05) is 0 Å². The molecule has 0 saturated heterocycles. The van der Waals surface area contributed by atoms with E-state index in [9.17, 15) is 9.90 Å². The number of fused-ring (bicyclic) bond motifs is 2. The van der Waals surface area contributed by atoms with Crippen molar-refractivity contribution in [2.75, 3.05) is 7.11 Å². The third kappa shape index (κ3) is 1.04. The number of carbonyl (C=O) groups excluding carboxylic acids is 1. The van der Waals surface area contributed by atoms with Crippen LogP contribution in [0.25, 0.3) is 0 Å². The van der Waals surface area contributed by atoms with Gasteiger partial charge in [0.2, 0.25) is 0 Å². The molecule has 12 heavy (non-hydrogen) atoms. The minimum absolute atomic E-state index is 0.0243. The molecule has 0 heterocycles. The van der Waals surface area contributed by atoms with Gasteiger partial charge >= 0.3 is 5.97 Å². The summed E-state index contributed by atoms with van der Waals surface area (Å²) in [6.45, 7) is 0. The molecule has 0 aromatic carbocycles. The van der Waals surface area contributed by atoms with E-state index in [1.165, 1.54) is 7.11 Å². The lowest BCUT2D eigenvalue weighted by atomic mass is 9.87. The van der Waals surface area contributed by atoms with Crippen molar-refractivity contribution in [1.29, 1.82) is 0 Å². The summed E-state index contributed by atoms with van der Waals surface area (Å²) >= 11 is 0. The summed E-state index contributed by atoms with van der Waals surface area (Å²) in [7, 11) is 1.42. The zero-order valence-electron chi connectivity index (χ0n) is 7.19. The molecular formula is C9H14O3. The van der Waals surface area contributed by atoms with Crippen molar-refractivity contribution in [1.82, 2.24) is 0 Å². The Morgan fingerprint density at radius 1 is 1.42 bits per heavy atom. The number of carbonyl (C=O) groups is 1. The molecule has 0 aromatic heterocycles. The fraction of sp³-hybridized carbons (Fsp3) is 0.889. The summed E-state index contributed by atoms with van der Waals surface area (Å²) in [5.41, 5.74) is 0. The second-order valence-electron chi connectivity index (χ2n) is 3.93. The van der Waals surface area contributed by atoms with Gasteiger partial charge in [0.05, 0.1) is 19.1 Å². The zero-order chi connectivity index (χ0) is 8.72. The van der Waals surface area contributed by atoms with Gasteiger partial charge in [-0.3, -0.25) is 4.79 Å². The van der Waals surface area contributed by atoms with Gasteiger partial charge in [0.25, 0.3) is 0 Å². The lowest BCUT2D eigenvalue weighted by Gasteiger charge is -2.23. The number of aliphatic hydroxyl groups is 1. The van der Waals surface area contributed by atoms with Gasteiger partial charge in [0.15, 0.2) is 0 Å². The lowest BCUT2D eigenvalue weighted by molar-refractivity contribution is -0.149. The predicted molar refractivity (Wildman–Crippen MR) is 42.3 cm³/mol. The van der Waals surface area contributed by atoms with E-state index < -0.39 is 0 Å². The van der Waals surface area contributed by atoms with Crippen LogP contribution < -0.4 is 0 Å². The van der Waals surface area contributed by atoms with E-state index in [4.69, 9.17) is 0 Å². The van der Waals surface area contributed by atoms with Gasteiger partial charge < -0.3 is 9.84 Å². The summed E-state index contributed by atoms with van der Waals surface area (Å²) in [6, 6.07) is 0. The first-order valence-electron chi connectivity index (χ1n) is 4.48. The van der Waals surface area contributed by atoms with E-state index in [-0.39, 0.29) is 23.9 Å². The fourth-order valence-electron chi connectivity index (χ4n) is 2.74. The van der Waals surface area contributed by atoms with Crippen molar-refractivity contribution in [2.24, 2.45) is 17.8 Å². The molecule has 0 spiro atoms. The van der Waals surface area contributed by atoms with Crippen LogP contribution in [-0.2, 0) is 9.53 Å². The highest BCUT2D eigenvalue weighted by Gasteiger charge is 2.48. The van der Waals surface area contributed by atoms with E-state index in [2.05, 4.69) is 4.74 Å². The number of methoxy groups -OCH3 is 1. The van der Waals surface area contributed by atoms with Crippen LogP contribution >= 0.6 is 0 Å². The third-order valence-electron chi connectivity index (χ3n) is 3.28. The van der Waals surface area contributed by atoms with Crippen LogP contribution in [0.15, 0.2) is 0 Å². The third-order valence-corrected chi connectivity index (χ3v) is 3.28. The molecule has 0 aliphatic heterocycles. The highest BCUT2D eigenvalue weighted by atomic mass is 16.5. The van der Waals surface area contributed by atoms with Gasteiger partial charge in [-0.25, -0.2) is 0 Å². The van der Waals surface area contributed by atoms with Gasteiger partial charge in [-0.05, 0) is 31.1 Å². The van der Waals surface area contributed by atoms with Crippen LogP contribution in [0.1, 0.15) is 19.3 Å². The molecule has 2 aliphatic rings. The van der Waals surface area contributed by atoms with Gasteiger partial charge in [0.1, 0.15) is 0 Å². The van der Waals surface area contributed by atoms with Crippen LogP contribution in [0.5, 0.6) is 0 Å². The second-order valence-corrected chi connectivity index (χ2v) is 3.93. The number of esters is 1. The number of ether oxygens (including phenoxy) is 1. The molecule has 68 valence electrons. The van der Waals surface area contributed by atoms with Gasteiger partial charge in [-0.15, -0.1) is 0 Å². The lowest BCUT2D eigenvalue weighted by Crippen LogP contribution is -2.30. The molecule has 2 bridgehead atoms. The number of rotatable bonds is 1. The highest BCUT2D eigenvalue weighted by Crippen LogP contribution is 2.48. The summed E-state index contributed by atoms with van der Waals surface area (Å²) in [5, 5.41) is 9.53. The van der Waals surface area contributed by atoms with Gasteiger partial charge in [-0.1, -0.05) is 0 Å². The van der Waals surface area contributed by atoms with Crippen molar-refractivity contribution in [3.05, 3.63) is 0 Å². The number of hydrogen-bond acceptors (Lipinski definition) is 3. The SMILES string of the molecule is COC(=O)[C@H]1C[C@H]2C[C@H]1[C@H](O)C2. The predicted octanol–water partition coefficient (Wildman–Crippen LogP) is 0.566. The van der Waals surface area contributed by atoms with E-state index in [0.717, 1.165) is 19.3 Å². The van der Waals surface area contributed by atoms with E-state index >= 15 is 0 Å². The molecule has 2 saturated carbocycles. The normalized spacial score (nSPS) is 44.8. The Morgan fingerprint density at radius 3 is 2.67 bits per heavy atom. The van der Waals surface area contributed by atoms with Crippen LogP contribution in [0.4, 0.5) is 0 Å². The standard InChI is InChI=1S/C9H14O3/c1-12-9(11)7-3-5-2-6(7)8(10)4-5/h5-8,10H,2-4H2,1H3/t5-,6-,7+,8-/m1/s1. The largest absolute Gasteiger partial charge is 0.469 e. The molecule has 2 rings (SSSR count). The fourth-order valence-corrected chi connectivity index (χ4v) is 2.74. The molecule has 2 aliphatic carbocycles. The van der Waals surface area contributed by atoms with Gasteiger partial charge in [-0.2, -0.15) is 0 Å². The monoisotopic (exact) mass is 170 g/mol. The highest BCUT2D eigenvalue weighted by molar-refractivity contribution is 5.73. The van der Waals surface area contributed by atoms with Crippen molar-refractivity contribution >= 4 is 5.97 Å². The van der Waals surface area contributed by atoms with Crippen molar-refractivity contribution in [2.45, 2.75) is 25.4 Å². The van der Waals surface area contributed by atoms with Crippen LogP contribution in [0, 0.1) is 17.8 Å². The Hall–Kier alpha value is -0.570. The molecule has 0 amide bonds. The molecule has 4 atom stereocenters. The Balaban J connectivity index is 2.07. The Kier molecular flexibility index (Phi) is 1.83. The van der Waals surface area contributed by atoms with Crippen LogP contribution in [-0.4, -0.2) is 24.3 Å². The molecule has 3 nitrogen and oxygen atoms in total. The molecule has 0 radical (unpaired) electrons. The van der Waals surface area contributed by atoms with Crippen molar-refractivity contribution in [3.8, 4) is 0 Å². The maximum Gasteiger partial charge on any atom is 0.309 e. The number of hydrogen-bond donors (Lipinski definition) is 1. The maximum atomic E-state index is 11.2. The minimum Gasteiger partial charge on any atom is -0.469 e. The summed E-state index contributed by atoms with van der Waals surface area (Å²) < 4.78 is 4.69. The van der Waals surface area contributed by atoms with E-state index in [1.54, 1.807) is 0 Å². The van der Waals surface area contributed by atoms with Crippen molar-refractivity contribution < 1.29 is 14.6 Å². The smallest absolute Gasteiger partial charge is 0.309 e. The summed E-state index contributed by atoms with van der Waals surface area (Å²) in [6.07, 6.45) is 2.57. The molecule has 0 unspecified atom stereocenters. The van der Waals surface area contributed by atoms with E-state index in [0.29, 0.717) is 5.92 Å². The first kappa shape index (κ1) is 8.05. The molecule has 0 aromatic rings. The Labute approximate surface area is 71.7 Å². The van der Waals surface area contributed by atoms with Gasteiger partial charge in [0, 0.05) is 0 Å². The molecule has 2 fully saturated rings. The quantitative estimate of drug-likeness (QED) is 0.585. The average molecular weight is 170 g/mol. The van der Waals surface area contributed by atoms with Crippen LogP contribution in [0.2, 0.25) is 0 Å². The minimum atomic E-state index is -0.257. The maximum absolute atomic E-state index is 11.2. The van der Waals surface area contributed by atoms with Crippen LogP contribution in [0.3, 0.4) is 0 Å². The summed E-state index contributed by atoms with van der Waals surface area (Å²) in [4.78, 5) is 11.2. The molecular weight excluding hydrogens is 156 g/mol. The molecule has 1 N–H and O–H groups in total. The number of aliphatic hydroxyl groups excluding tert-OH is 1. The Morgan fingerprint density at radius 2 is 2.17 bits per heavy atom. The van der Waals surface area contributed by atoms with Crippen molar-refractivity contribution in [3.63, 3.8) is 0 Å². The molecule has 3 heteroatoms. The first-order chi connectivity index (χ1) is 5.72. The zero-order valence-corrected chi connectivity index (χ0v) is 7.19. The average Bonchev–Trinajstić information content (AvgIpc) is 2.60. The first-order valence-corrected chi connectivity index (χ1v) is 4.48. The second kappa shape index (κ2) is 2.73. The topological polar surface area (TPSA) is 46.5 Å².